The van der Waals surface area contributed by atoms with Crippen molar-refractivity contribution in [3.8, 4) is 0 Å². The predicted octanol–water partition coefficient (Wildman–Crippen LogP) is 5.32. The topological polar surface area (TPSA) is 0 Å². The standard InChI is InChI=1S/C9H5Br3S/c10-3-5-4-13-9-2-8(12)7(11)1-6(5)9/h1-2,4H,3H2. The van der Waals surface area contributed by atoms with E-state index < -0.39 is 0 Å². The molecule has 0 N–H and O–H groups in total. The molecular weight excluding hydrogens is 380 g/mol. The number of fused-ring (bicyclic) bond motifs is 1. The number of benzene rings is 1. The lowest BCUT2D eigenvalue weighted by Gasteiger charge is -1.97. The molecule has 4 heteroatoms. The highest BCUT2D eigenvalue weighted by Gasteiger charge is 2.05. The summed E-state index contributed by atoms with van der Waals surface area (Å²) in [5, 5.41) is 4.44. The third-order valence-electron chi connectivity index (χ3n) is 1.84. The van der Waals surface area contributed by atoms with E-state index in [1.807, 2.05) is 0 Å². The normalized spacial score (nSPS) is 11.0. The van der Waals surface area contributed by atoms with Crippen molar-refractivity contribution in [3.63, 3.8) is 0 Å². The molecule has 2 aromatic rings. The molecule has 0 radical (unpaired) electrons. The molecule has 13 heavy (non-hydrogen) atoms. The van der Waals surface area contributed by atoms with Crippen molar-refractivity contribution in [2.45, 2.75) is 5.33 Å². The van der Waals surface area contributed by atoms with Gasteiger partial charge in [-0.2, -0.15) is 0 Å². The van der Waals surface area contributed by atoms with Crippen molar-refractivity contribution in [1.29, 1.82) is 0 Å². The summed E-state index contributed by atoms with van der Waals surface area (Å²) in [6.45, 7) is 0. The Balaban J connectivity index is 2.77. The summed E-state index contributed by atoms with van der Waals surface area (Å²) in [7, 11) is 0. The average molecular weight is 385 g/mol. The van der Waals surface area contributed by atoms with Crippen LogP contribution in [0.15, 0.2) is 26.5 Å². The predicted molar refractivity (Wildman–Crippen MR) is 69.9 cm³/mol. The molecule has 0 amide bonds. The van der Waals surface area contributed by atoms with Gasteiger partial charge in [0, 0.05) is 19.0 Å². The molecule has 0 aliphatic carbocycles. The van der Waals surface area contributed by atoms with E-state index in [-0.39, 0.29) is 0 Å². The molecule has 0 unspecified atom stereocenters. The monoisotopic (exact) mass is 382 g/mol. The number of rotatable bonds is 1. The summed E-state index contributed by atoms with van der Waals surface area (Å²) in [4.78, 5) is 0. The summed E-state index contributed by atoms with van der Waals surface area (Å²) < 4.78 is 3.55. The van der Waals surface area contributed by atoms with Crippen molar-refractivity contribution >= 4 is 69.2 Å². The van der Waals surface area contributed by atoms with Crippen LogP contribution in [0.1, 0.15) is 5.56 Å². The molecule has 1 aromatic heterocycles. The maximum atomic E-state index is 3.51. The minimum Gasteiger partial charge on any atom is -0.143 e. The van der Waals surface area contributed by atoms with E-state index in [2.05, 4.69) is 65.3 Å². The second-order valence-electron chi connectivity index (χ2n) is 2.66. The summed E-state index contributed by atoms with van der Waals surface area (Å²) in [5.41, 5.74) is 1.35. The zero-order valence-electron chi connectivity index (χ0n) is 6.48. The molecular formula is C9H5Br3S. The molecule has 0 saturated heterocycles. The first-order valence-corrected chi connectivity index (χ1v) is 7.22. The van der Waals surface area contributed by atoms with Gasteiger partial charge in [0.25, 0.3) is 0 Å². The quantitative estimate of drug-likeness (QED) is 0.583. The van der Waals surface area contributed by atoms with Gasteiger partial charge >= 0.3 is 0 Å². The zero-order chi connectivity index (χ0) is 9.42. The molecule has 0 nitrogen and oxygen atoms in total. The van der Waals surface area contributed by atoms with Crippen LogP contribution in [0.25, 0.3) is 10.1 Å². The Kier molecular flexibility index (Phi) is 3.13. The van der Waals surface area contributed by atoms with Crippen LogP contribution >= 0.6 is 59.1 Å². The van der Waals surface area contributed by atoms with Crippen LogP contribution in [0.5, 0.6) is 0 Å². The highest BCUT2D eigenvalue weighted by atomic mass is 79.9. The minimum atomic E-state index is 0.918. The highest BCUT2D eigenvalue weighted by molar-refractivity contribution is 9.13. The van der Waals surface area contributed by atoms with Crippen molar-refractivity contribution in [2.24, 2.45) is 0 Å². The van der Waals surface area contributed by atoms with Gasteiger partial charge in [-0.25, -0.2) is 0 Å². The summed E-state index contributed by atoms with van der Waals surface area (Å²) in [6.07, 6.45) is 0. The van der Waals surface area contributed by atoms with Crippen LogP contribution in [-0.2, 0) is 5.33 Å². The van der Waals surface area contributed by atoms with Crippen LogP contribution in [-0.4, -0.2) is 0 Å². The Morgan fingerprint density at radius 3 is 2.54 bits per heavy atom. The molecule has 0 spiro atoms. The van der Waals surface area contributed by atoms with E-state index >= 15 is 0 Å². The van der Waals surface area contributed by atoms with E-state index in [1.165, 1.54) is 15.6 Å². The van der Waals surface area contributed by atoms with Gasteiger partial charge in [-0.15, -0.1) is 11.3 Å². The molecule has 1 heterocycles. The fraction of sp³-hybridized carbons (Fsp3) is 0.111. The van der Waals surface area contributed by atoms with Crippen LogP contribution in [0.4, 0.5) is 0 Å². The Bertz CT molecular complexity index is 447. The smallest absolute Gasteiger partial charge is 0.0357 e. The largest absolute Gasteiger partial charge is 0.143 e. The van der Waals surface area contributed by atoms with Gasteiger partial charge in [0.15, 0.2) is 0 Å². The van der Waals surface area contributed by atoms with Crippen LogP contribution < -0.4 is 0 Å². The van der Waals surface area contributed by atoms with Crippen molar-refractivity contribution < 1.29 is 0 Å². The molecule has 0 aliphatic rings. The van der Waals surface area contributed by atoms with Crippen molar-refractivity contribution in [3.05, 3.63) is 32.0 Å². The average Bonchev–Trinajstić information content (AvgIpc) is 2.48. The van der Waals surface area contributed by atoms with Gasteiger partial charge in [-0.1, -0.05) is 15.9 Å². The Hall–Kier alpha value is 0.620. The van der Waals surface area contributed by atoms with Crippen LogP contribution in [0.3, 0.4) is 0 Å². The van der Waals surface area contributed by atoms with Gasteiger partial charge in [-0.3, -0.25) is 0 Å². The Labute approximate surface area is 106 Å². The van der Waals surface area contributed by atoms with E-state index in [1.54, 1.807) is 11.3 Å². The first-order valence-electron chi connectivity index (χ1n) is 3.63. The maximum Gasteiger partial charge on any atom is 0.0357 e. The van der Waals surface area contributed by atoms with Crippen molar-refractivity contribution in [1.82, 2.24) is 0 Å². The first-order chi connectivity index (χ1) is 6.22. The number of alkyl halides is 1. The van der Waals surface area contributed by atoms with E-state index in [9.17, 15) is 0 Å². The van der Waals surface area contributed by atoms with E-state index in [0.717, 1.165) is 14.3 Å². The minimum absolute atomic E-state index is 0.918. The summed E-state index contributed by atoms with van der Waals surface area (Å²) in [6, 6.07) is 4.31. The zero-order valence-corrected chi connectivity index (χ0v) is 12.1. The van der Waals surface area contributed by atoms with Gasteiger partial charge < -0.3 is 0 Å². The maximum absolute atomic E-state index is 3.51. The van der Waals surface area contributed by atoms with Gasteiger partial charge in [-0.05, 0) is 60.3 Å². The van der Waals surface area contributed by atoms with Crippen LogP contribution in [0.2, 0.25) is 0 Å². The molecule has 1 aromatic carbocycles. The molecule has 0 atom stereocenters. The Morgan fingerprint density at radius 1 is 1.15 bits per heavy atom. The van der Waals surface area contributed by atoms with Crippen LogP contribution in [0, 0.1) is 0 Å². The summed E-state index contributed by atoms with van der Waals surface area (Å²) in [5.74, 6) is 0. The molecule has 0 bridgehead atoms. The number of hydrogen-bond acceptors (Lipinski definition) is 1. The Morgan fingerprint density at radius 2 is 1.85 bits per heavy atom. The second kappa shape index (κ2) is 4.01. The molecule has 68 valence electrons. The second-order valence-corrected chi connectivity index (χ2v) is 5.84. The van der Waals surface area contributed by atoms with Crippen molar-refractivity contribution in [2.75, 3.05) is 0 Å². The molecule has 0 fully saturated rings. The van der Waals surface area contributed by atoms with E-state index in [0.29, 0.717) is 0 Å². The number of halogens is 3. The third-order valence-corrected chi connectivity index (χ3v) is 5.28. The number of hydrogen-bond donors (Lipinski definition) is 0. The highest BCUT2D eigenvalue weighted by Crippen LogP contribution is 2.34. The lowest BCUT2D eigenvalue weighted by molar-refractivity contribution is 1.53. The SMILES string of the molecule is BrCc1csc2cc(Br)c(Br)cc12. The van der Waals surface area contributed by atoms with Gasteiger partial charge in [0.05, 0.1) is 0 Å². The molecule has 2 rings (SSSR count). The lowest BCUT2D eigenvalue weighted by Crippen LogP contribution is -1.74. The lowest BCUT2D eigenvalue weighted by atomic mass is 10.2. The first kappa shape index (κ1) is 10.1. The molecule has 0 saturated carbocycles. The number of thiophene rings is 1. The molecule has 0 aliphatic heterocycles. The third kappa shape index (κ3) is 1.87. The van der Waals surface area contributed by atoms with Gasteiger partial charge in [0.2, 0.25) is 0 Å². The fourth-order valence-electron chi connectivity index (χ4n) is 1.18. The van der Waals surface area contributed by atoms with Gasteiger partial charge in [0.1, 0.15) is 0 Å². The fourth-order valence-corrected chi connectivity index (χ4v) is 3.68. The van der Waals surface area contributed by atoms with E-state index in [4.69, 9.17) is 0 Å². The summed E-state index contributed by atoms with van der Waals surface area (Å²) >= 11 is 12.3.